The van der Waals surface area contributed by atoms with Crippen LogP contribution >= 0.6 is 0 Å². The van der Waals surface area contributed by atoms with Crippen LogP contribution in [-0.4, -0.2) is 51.7 Å². The Morgan fingerprint density at radius 2 is 1.89 bits per heavy atom. The second-order valence-corrected chi connectivity index (χ2v) is 10.1. The number of likely N-dealkylation sites (N-methyl/N-ethyl adjacent to an activating group) is 1. The first kappa shape index (κ1) is 25.2. The number of anilines is 3. The molecule has 1 aliphatic carbocycles. The first-order valence-electron chi connectivity index (χ1n) is 12.1. The van der Waals surface area contributed by atoms with E-state index in [1.807, 2.05) is 57.0 Å². The number of fused-ring (bicyclic) bond motifs is 1. The Bertz CT molecular complexity index is 1260. The fourth-order valence-electron chi connectivity index (χ4n) is 4.47. The van der Waals surface area contributed by atoms with Crippen LogP contribution in [0.15, 0.2) is 42.9 Å². The molecule has 0 saturated heterocycles. The van der Waals surface area contributed by atoms with Gasteiger partial charge in [0.05, 0.1) is 12.1 Å². The minimum absolute atomic E-state index is 0.0368. The van der Waals surface area contributed by atoms with Crippen LogP contribution in [-0.2, 0) is 4.74 Å². The van der Waals surface area contributed by atoms with Gasteiger partial charge in [-0.25, -0.2) is 9.78 Å². The first-order chi connectivity index (χ1) is 17.1. The zero-order valence-corrected chi connectivity index (χ0v) is 21.1. The largest absolute Gasteiger partial charge is 0.444 e. The Hall–Kier alpha value is -3.95. The molecule has 2 amide bonds. The third-order valence-corrected chi connectivity index (χ3v) is 6.19. The van der Waals surface area contributed by atoms with E-state index in [9.17, 15) is 9.59 Å². The van der Waals surface area contributed by atoms with E-state index >= 15 is 0 Å². The molecule has 190 valence electrons. The van der Waals surface area contributed by atoms with Crippen molar-refractivity contribution in [2.24, 2.45) is 5.73 Å². The lowest BCUT2D eigenvalue weighted by Gasteiger charge is -2.38. The third-order valence-electron chi connectivity index (χ3n) is 6.19. The molecule has 2 aromatic heterocycles. The standard InChI is InChI=1S/C26H33N7O3/c1-26(2,3)36-25(35)31-20-7-5-6-8-21(20)33(4)24-29-15-19(22(27)34)23(32-24)30-18-10-9-16-11-12-28-14-17(16)13-18/h9-15,20-21H,5-8H2,1-4H3,(H2,27,34)(H,31,35)(H,29,30,32). The molecule has 1 aliphatic rings. The fourth-order valence-corrected chi connectivity index (χ4v) is 4.47. The number of primary amides is 1. The predicted octanol–water partition coefficient (Wildman–Crippen LogP) is 4.14. The molecule has 10 heteroatoms. The lowest BCUT2D eigenvalue weighted by atomic mass is 9.89. The summed E-state index contributed by atoms with van der Waals surface area (Å²) < 4.78 is 5.47. The average Bonchev–Trinajstić information content (AvgIpc) is 2.82. The third kappa shape index (κ3) is 5.99. The Morgan fingerprint density at radius 3 is 2.64 bits per heavy atom. The molecule has 4 N–H and O–H groups in total. The van der Waals surface area contributed by atoms with Crippen LogP contribution in [0.5, 0.6) is 0 Å². The van der Waals surface area contributed by atoms with Crippen LogP contribution in [0.3, 0.4) is 0 Å². The number of alkyl carbamates (subject to hydrolysis) is 1. The van der Waals surface area contributed by atoms with Gasteiger partial charge in [-0.1, -0.05) is 18.9 Å². The summed E-state index contributed by atoms with van der Waals surface area (Å²) in [4.78, 5) is 39.8. The Balaban J connectivity index is 1.58. The van der Waals surface area contributed by atoms with Crippen molar-refractivity contribution in [2.45, 2.75) is 64.1 Å². The molecule has 0 bridgehead atoms. The van der Waals surface area contributed by atoms with Crippen LogP contribution < -0.4 is 21.3 Å². The van der Waals surface area contributed by atoms with Crippen molar-refractivity contribution < 1.29 is 14.3 Å². The molecule has 0 aliphatic heterocycles. The maximum absolute atomic E-state index is 12.5. The summed E-state index contributed by atoms with van der Waals surface area (Å²) in [6, 6.07) is 7.57. The summed E-state index contributed by atoms with van der Waals surface area (Å²) in [5, 5.41) is 8.24. The zero-order valence-electron chi connectivity index (χ0n) is 21.1. The maximum atomic E-state index is 12.5. The lowest BCUT2D eigenvalue weighted by molar-refractivity contribution is 0.0485. The van der Waals surface area contributed by atoms with Crippen molar-refractivity contribution in [3.05, 3.63) is 48.4 Å². The van der Waals surface area contributed by atoms with Crippen molar-refractivity contribution in [3.8, 4) is 0 Å². The number of aromatic nitrogens is 3. The van der Waals surface area contributed by atoms with Gasteiger partial charge in [-0.3, -0.25) is 9.78 Å². The highest BCUT2D eigenvalue weighted by atomic mass is 16.6. The number of carbonyl (C=O) groups excluding carboxylic acids is 2. The number of nitrogens with two attached hydrogens (primary N) is 1. The highest BCUT2D eigenvalue weighted by Gasteiger charge is 2.32. The van der Waals surface area contributed by atoms with E-state index in [2.05, 4.69) is 25.6 Å². The van der Waals surface area contributed by atoms with Crippen molar-refractivity contribution >= 4 is 40.2 Å². The highest BCUT2D eigenvalue weighted by molar-refractivity contribution is 5.98. The normalized spacial score (nSPS) is 17.9. The van der Waals surface area contributed by atoms with E-state index in [1.54, 1.807) is 12.4 Å². The summed E-state index contributed by atoms with van der Waals surface area (Å²) in [7, 11) is 1.89. The van der Waals surface area contributed by atoms with Gasteiger partial charge in [0.15, 0.2) is 0 Å². The predicted molar refractivity (Wildman–Crippen MR) is 139 cm³/mol. The van der Waals surface area contributed by atoms with E-state index in [1.165, 1.54) is 6.20 Å². The maximum Gasteiger partial charge on any atom is 0.407 e. The number of amides is 2. The van der Waals surface area contributed by atoms with Gasteiger partial charge >= 0.3 is 6.09 Å². The smallest absolute Gasteiger partial charge is 0.407 e. The topological polar surface area (TPSA) is 135 Å². The number of nitrogens with one attached hydrogen (secondary N) is 2. The number of ether oxygens (including phenoxy) is 1. The van der Waals surface area contributed by atoms with E-state index in [-0.39, 0.29) is 17.6 Å². The second kappa shape index (κ2) is 10.3. The molecule has 1 saturated carbocycles. The number of benzene rings is 1. The second-order valence-electron chi connectivity index (χ2n) is 10.1. The van der Waals surface area contributed by atoms with Gasteiger partial charge in [0.1, 0.15) is 17.0 Å². The van der Waals surface area contributed by atoms with Gasteiger partial charge in [-0.15, -0.1) is 0 Å². The molecule has 3 aromatic rings. The summed E-state index contributed by atoms with van der Waals surface area (Å²) >= 11 is 0. The molecule has 1 aromatic carbocycles. The monoisotopic (exact) mass is 491 g/mol. The SMILES string of the molecule is CN(c1ncc(C(N)=O)c(Nc2ccc3ccncc3c2)n1)C1CCCCC1NC(=O)OC(C)(C)C. The Kier molecular flexibility index (Phi) is 7.23. The van der Waals surface area contributed by atoms with E-state index < -0.39 is 17.6 Å². The van der Waals surface area contributed by atoms with Gasteiger partial charge in [-0.2, -0.15) is 4.98 Å². The summed E-state index contributed by atoms with van der Waals surface area (Å²) in [6.45, 7) is 5.52. The molecule has 2 unspecified atom stereocenters. The van der Waals surface area contributed by atoms with E-state index in [0.717, 1.165) is 42.1 Å². The molecule has 0 radical (unpaired) electrons. The Morgan fingerprint density at radius 1 is 1.11 bits per heavy atom. The number of rotatable bonds is 6. The van der Waals surface area contributed by atoms with Crippen molar-refractivity contribution in [1.82, 2.24) is 20.3 Å². The lowest BCUT2D eigenvalue weighted by Crippen LogP contribution is -2.53. The van der Waals surface area contributed by atoms with E-state index in [0.29, 0.717) is 11.8 Å². The van der Waals surface area contributed by atoms with Crippen molar-refractivity contribution in [3.63, 3.8) is 0 Å². The fraction of sp³-hybridized carbons (Fsp3) is 0.423. The van der Waals surface area contributed by atoms with Gasteiger partial charge in [0, 0.05) is 36.7 Å². The minimum Gasteiger partial charge on any atom is -0.444 e. The molecule has 10 nitrogen and oxygen atoms in total. The number of pyridine rings is 1. The molecule has 2 atom stereocenters. The summed E-state index contributed by atoms with van der Waals surface area (Å²) in [5.41, 5.74) is 5.96. The van der Waals surface area contributed by atoms with Crippen LogP contribution in [0.2, 0.25) is 0 Å². The number of hydrogen-bond donors (Lipinski definition) is 3. The van der Waals surface area contributed by atoms with Crippen molar-refractivity contribution in [2.75, 3.05) is 17.3 Å². The number of nitrogens with zero attached hydrogens (tertiary/aromatic N) is 4. The van der Waals surface area contributed by atoms with Crippen LogP contribution in [0.4, 0.5) is 22.2 Å². The van der Waals surface area contributed by atoms with E-state index in [4.69, 9.17) is 10.5 Å². The number of hydrogen-bond acceptors (Lipinski definition) is 8. The van der Waals surface area contributed by atoms with Gasteiger partial charge in [0.2, 0.25) is 5.95 Å². The summed E-state index contributed by atoms with van der Waals surface area (Å²) in [5.74, 6) is 0.110. The first-order valence-corrected chi connectivity index (χ1v) is 12.1. The zero-order chi connectivity index (χ0) is 25.9. The van der Waals surface area contributed by atoms with Gasteiger partial charge in [-0.05, 0) is 57.2 Å². The average molecular weight is 492 g/mol. The van der Waals surface area contributed by atoms with Crippen LogP contribution in [0, 0.1) is 0 Å². The molecule has 36 heavy (non-hydrogen) atoms. The Labute approximate surface area is 210 Å². The molecule has 0 spiro atoms. The molecule has 2 heterocycles. The minimum atomic E-state index is -0.628. The quantitative estimate of drug-likeness (QED) is 0.468. The highest BCUT2D eigenvalue weighted by Crippen LogP contribution is 2.28. The molecule has 1 fully saturated rings. The molecular weight excluding hydrogens is 458 g/mol. The van der Waals surface area contributed by atoms with Crippen LogP contribution in [0.1, 0.15) is 56.8 Å². The van der Waals surface area contributed by atoms with Crippen molar-refractivity contribution in [1.29, 1.82) is 0 Å². The number of carbonyl (C=O) groups is 2. The molecular formula is C26H33N7O3. The van der Waals surface area contributed by atoms with Gasteiger partial charge < -0.3 is 26.0 Å². The summed E-state index contributed by atoms with van der Waals surface area (Å²) in [6.07, 6.45) is 8.23. The van der Waals surface area contributed by atoms with Crippen LogP contribution in [0.25, 0.3) is 10.8 Å². The van der Waals surface area contributed by atoms with Gasteiger partial charge in [0.25, 0.3) is 5.91 Å². The molecule has 4 rings (SSSR count).